The Kier molecular flexibility index (Phi) is 6.68. The standard InChI is InChI=1S/C21H22FNO2.ClH/c1-16(24)21(18-5-3-2-4-6-18)11-13-23(14-12-21)15-20(25)17-7-9-19(22)10-8-17;/h2-10H,11-15H2,1H3;1H. The van der Waals surface area contributed by atoms with Gasteiger partial charge in [0.2, 0.25) is 5.78 Å². The van der Waals surface area contributed by atoms with Crippen LogP contribution in [-0.2, 0) is 10.2 Å². The molecule has 2 aromatic carbocycles. The molecule has 2 aromatic rings. The summed E-state index contributed by atoms with van der Waals surface area (Å²) >= 11 is 0. The molecule has 0 amide bonds. The fourth-order valence-electron chi connectivity index (χ4n) is 3.77. The molecule has 0 spiro atoms. The Bertz CT molecular complexity index is 753. The van der Waals surface area contributed by atoms with Gasteiger partial charge in [0, 0.05) is 18.4 Å². The Morgan fingerprint density at radius 2 is 1.58 bits per heavy atom. The first-order chi connectivity index (χ1) is 12.0. The van der Waals surface area contributed by atoms with Gasteiger partial charge < -0.3 is 17.3 Å². The quantitative estimate of drug-likeness (QED) is 0.696. The molecule has 0 atom stereocenters. The maximum atomic E-state index is 13.0. The van der Waals surface area contributed by atoms with Gasteiger partial charge in [-0.3, -0.25) is 9.59 Å². The Balaban J connectivity index is 0.00000243. The Labute approximate surface area is 159 Å². The van der Waals surface area contributed by atoms with E-state index in [-0.39, 0.29) is 29.8 Å². The van der Waals surface area contributed by atoms with E-state index in [2.05, 4.69) is 0 Å². The summed E-state index contributed by atoms with van der Waals surface area (Å²) in [7, 11) is 0. The second-order valence-electron chi connectivity index (χ2n) is 6.86. The van der Waals surface area contributed by atoms with E-state index in [0.29, 0.717) is 12.1 Å². The van der Waals surface area contributed by atoms with Crippen molar-refractivity contribution in [1.82, 2.24) is 0 Å². The topological polar surface area (TPSA) is 38.6 Å². The van der Waals surface area contributed by atoms with E-state index in [1.807, 2.05) is 30.3 Å². The van der Waals surface area contributed by atoms with Gasteiger partial charge in [-0.25, -0.2) is 4.39 Å². The van der Waals surface area contributed by atoms with Gasteiger partial charge in [-0.05, 0) is 36.8 Å². The maximum absolute atomic E-state index is 13.0. The van der Waals surface area contributed by atoms with Crippen LogP contribution >= 0.6 is 0 Å². The van der Waals surface area contributed by atoms with Crippen LogP contribution in [0, 0.1) is 5.82 Å². The molecule has 1 aliphatic heterocycles. The maximum Gasteiger partial charge on any atom is 0.216 e. The van der Waals surface area contributed by atoms with Crippen molar-refractivity contribution in [2.75, 3.05) is 19.6 Å². The third-order valence-corrected chi connectivity index (χ3v) is 5.39. The SMILES string of the molecule is CC(=O)C1(c2ccccc2)CC[NH+](CC(=O)c2ccc(F)cc2)CC1.[Cl-]. The number of nitrogens with one attached hydrogen (secondary N) is 1. The number of benzene rings is 2. The minimum atomic E-state index is -0.427. The summed E-state index contributed by atoms with van der Waals surface area (Å²) in [6.07, 6.45) is 1.50. The van der Waals surface area contributed by atoms with Crippen LogP contribution in [-0.4, -0.2) is 31.2 Å². The molecule has 26 heavy (non-hydrogen) atoms. The van der Waals surface area contributed by atoms with Gasteiger partial charge in [-0.2, -0.15) is 0 Å². The Morgan fingerprint density at radius 1 is 1.00 bits per heavy atom. The summed E-state index contributed by atoms with van der Waals surface area (Å²) in [4.78, 5) is 26.0. The van der Waals surface area contributed by atoms with Crippen molar-refractivity contribution in [3.8, 4) is 0 Å². The van der Waals surface area contributed by atoms with Gasteiger partial charge in [0.15, 0.2) is 0 Å². The third-order valence-electron chi connectivity index (χ3n) is 5.39. The molecule has 3 rings (SSSR count). The lowest BCUT2D eigenvalue weighted by molar-refractivity contribution is -0.897. The van der Waals surface area contributed by atoms with Crippen LogP contribution in [0.25, 0.3) is 0 Å². The lowest BCUT2D eigenvalue weighted by atomic mass is 9.70. The number of halogens is 2. The summed E-state index contributed by atoms with van der Waals surface area (Å²) in [5, 5.41) is 0. The van der Waals surface area contributed by atoms with Crippen LogP contribution < -0.4 is 17.3 Å². The number of rotatable bonds is 5. The Hall–Kier alpha value is -2.04. The predicted molar refractivity (Wildman–Crippen MR) is 94.3 cm³/mol. The van der Waals surface area contributed by atoms with Crippen LogP contribution in [0.2, 0.25) is 0 Å². The minimum absolute atomic E-state index is 0. The molecular formula is C21H23ClFNO2. The van der Waals surface area contributed by atoms with Gasteiger partial charge >= 0.3 is 0 Å². The van der Waals surface area contributed by atoms with Crippen molar-refractivity contribution in [2.45, 2.75) is 25.2 Å². The number of quaternary nitrogens is 1. The van der Waals surface area contributed by atoms with Crippen molar-refractivity contribution >= 4 is 11.6 Å². The van der Waals surface area contributed by atoms with Crippen LogP contribution in [0.5, 0.6) is 0 Å². The molecule has 1 aliphatic rings. The molecular weight excluding hydrogens is 353 g/mol. The van der Waals surface area contributed by atoms with Crippen LogP contribution in [0.4, 0.5) is 4.39 Å². The summed E-state index contributed by atoms with van der Waals surface area (Å²) in [5.41, 5.74) is 1.19. The molecule has 3 nitrogen and oxygen atoms in total. The minimum Gasteiger partial charge on any atom is -1.00 e. The van der Waals surface area contributed by atoms with E-state index < -0.39 is 5.41 Å². The summed E-state index contributed by atoms with van der Waals surface area (Å²) in [6, 6.07) is 15.6. The number of ketones is 2. The summed E-state index contributed by atoms with van der Waals surface area (Å²) in [5.74, 6) is -0.122. The second-order valence-corrected chi connectivity index (χ2v) is 6.86. The molecule has 1 N–H and O–H groups in total. The smallest absolute Gasteiger partial charge is 0.216 e. The van der Waals surface area contributed by atoms with Gasteiger partial charge in [0.1, 0.15) is 18.1 Å². The molecule has 138 valence electrons. The van der Waals surface area contributed by atoms with Crippen LogP contribution in [0.1, 0.15) is 35.7 Å². The van der Waals surface area contributed by atoms with Gasteiger partial charge in [0.25, 0.3) is 0 Å². The van der Waals surface area contributed by atoms with Crippen molar-refractivity contribution in [2.24, 2.45) is 0 Å². The first-order valence-corrected chi connectivity index (χ1v) is 8.70. The Morgan fingerprint density at radius 3 is 2.12 bits per heavy atom. The average Bonchev–Trinajstić information content (AvgIpc) is 2.63. The lowest BCUT2D eigenvalue weighted by Gasteiger charge is -2.38. The molecule has 0 saturated carbocycles. The lowest BCUT2D eigenvalue weighted by Crippen LogP contribution is -3.14. The molecule has 1 fully saturated rings. The van der Waals surface area contributed by atoms with E-state index in [4.69, 9.17) is 0 Å². The number of Topliss-reactive ketones (excluding diaryl/α,β-unsaturated/α-hetero) is 2. The molecule has 0 aliphatic carbocycles. The van der Waals surface area contributed by atoms with Crippen molar-refractivity contribution in [3.63, 3.8) is 0 Å². The molecule has 0 aromatic heterocycles. The predicted octanol–water partition coefficient (Wildman–Crippen LogP) is -0.782. The van der Waals surface area contributed by atoms with E-state index in [1.54, 1.807) is 6.92 Å². The normalized spacial score (nSPS) is 22.3. The molecule has 0 radical (unpaired) electrons. The molecule has 5 heteroatoms. The number of carbonyl (C=O) groups excluding carboxylic acids is 2. The number of likely N-dealkylation sites (tertiary alicyclic amines) is 1. The van der Waals surface area contributed by atoms with E-state index >= 15 is 0 Å². The van der Waals surface area contributed by atoms with Gasteiger partial charge in [-0.15, -0.1) is 0 Å². The highest BCUT2D eigenvalue weighted by atomic mass is 35.5. The van der Waals surface area contributed by atoms with E-state index in [9.17, 15) is 14.0 Å². The number of hydrogen-bond donors (Lipinski definition) is 1. The number of carbonyl (C=O) groups is 2. The van der Waals surface area contributed by atoms with Crippen molar-refractivity contribution in [1.29, 1.82) is 0 Å². The van der Waals surface area contributed by atoms with E-state index in [1.165, 1.54) is 29.2 Å². The first-order valence-electron chi connectivity index (χ1n) is 8.70. The second kappa shape index (κ2) is 8.56. The van der Waals surface area contributed by atoms with Gasteiger partial charge in [-0.1, -0.05) is 30.3 Å². The highest BCUT2D eigenvalue weighted by molar-refractivity contribution is 5.96. The molecule has 0 unspecified atom stereocenters. The summed E-state index contributed by atoms with van der Waals surface area (Å²) in [6.45, 7) is 3.61. The first kappa shape index (κ1) is 20.3. The van der Waals surface area contributed by atoms with Crippen LogP contribution in [0.15, 0.2) is 54.6 Å². The van der Waals surface area contributed by atoms with Gasteiger partial charge in [0.05, 0.1) is 18.5 Å². The van der Waals surface area contributed by atoms with Crippen molar-refractivity contribution in [3.05, 3.63) is 71.5 Å². The van der Waals surface area contributed by atoms with E-state index in [0.717, 1.165) is 31.5 Å². The zero-order chi connectivity index (χ0) is 17.9. The third kappa shape index (κ3) is 4.19. The number of piperidine rings is 1. The highest BCUT2D eigenvalue weighted by Crippen LogP contribution is 2.33. The molecule has 0 bridgehead atoms. The largest absolute Gasteiger partial charge is 1.00 e. The molecule has 1 heterocycles. The fraction of sp³-hybridized carbons (Fsp3) is 0.333. The zero-order valence-electron chi connectivity index (χ0n) is 14.8. The number of hydrogen-bond acceptors (Lipinski definition) is 2. The summed E-state index contributed by atoms with van der Waals surface area (Å²) < 4.78 is 13.0. The van der Waals surface area contributed by atoms with Crippen molar-refractivity contribution < 1.29 is 31.3 Å². The zero-order valence-corrected chi connectivity index (χ0v) is 15.6. The van der Waals surface area contributed by atoms with Crippen LogP contribution in [0.3, 0.4) is 0 Å². The monoisotopic (exact) mass is 375 g/mol. The average molecular weight is 376 g/mol. The fourth-order valence-corrected chi connectivity index (χ4v) is 3.77. The molecule has 1 saturated heterocycles. The highest BCUT2D eigenvalue weighted by Gasteiger charge is 2.42.